The number of nitrogens with zero attached hydrogens (tertiary/aromatic N) is 1. The van der Waals surface area contributed by atoms with E-state index in [-0.39, 0.29) is 10.7 Å². The van der Waals surface area contributed by atoms with Gasteiger partial charge in [-0.25, -0.2) is 14.5 Å². The number of aryl methyl sites for hydroxylation is 1. The van der Waals surface area contributed by atoms with Gasteiger partial charge in [0.05, 0.1) is 11.3 Å². The third kappa shape index (κ3) is 3.76. The highest BCUT2D eigenvalue weighted by Crippen LogP contribution is 2.16. The second-order valence-corrected chi connectivity index (χ2v) is 5.72. The van der Waals surface area contributed by atoms with E-state index in [2.05, 4.69) is 13.9 Å². The molecule has 6 nitrogen and oxygen atoms in total. The minimum Gasteiger partial charge on any atom is -0.325 e. The first-order chi connectivity index (χ1) is 8.96. The molecule has 1 heterocycles. The molecule has 0 amide bonds. The highest BCUT2D eigenvalue weighted by atomic mass is 32.2. The maximum absolute atomic E-state index is 11.6. The van der Waals surface area contributed by atoms with Gasteiger partial charge in [-0.2, -0.15) is 8.42 Å². The first kappa shape index (κ1) is 13.5. The molecule has 0 radical (unpaired) electrons. The topological polar surface area (TPSA) is 85.4 Å². The second kappa shape index (κ2) is 5.37. The third-order valence-electron chi connectivity index (χ3n) is 2.03. The monoisotopic (exact) mass is 298 g/mol. The van der Waals surface area contributed by atoms with Crippen molar-refractivity contribution in [3.05, 3.63) is 47.0 Å². The highest BCUT2D eigenvalue weighted by Gasteiger charge is 2.19. The first-order valence-electron chi connectivity index (χ1n) is 5.20. The third-order valence-corrected chi connectivity index (χ3v) is 3.85. The zero-order valence-electron chi connectivity index (χ0n) is 9.86. The van der Waals surface area contributed by atoms with Crippen LogP contribution in [0.4, 0.5) is 5.13 Å². The summed E-state index contributed by atoms with van der Waals surface area (Å²) in [5.74, 6) is -0.943. The molecule has 0 unspecified atom stereocenters. The Kier molecular flexibility index (Phi) is 3.82. The molecule has 0 aliphatic carbocycles. The minimum absolute atomic E-state index is 0.151. The number of rotatable bonds is 4. The fourth-order valence-electron chi connectivity index (χ4n) is 1.25. The normalized spacial score (nSPS) is 11.0. The van der Waals surface area contributed by atoms with Crippen molar-refractivity contribution in [2.24, 2.45) is 0 Å². The van der Waals surface area contributed by atoms with E-state index in [1.54, 1.807) is 30.5 Å². The second-order valence-electron chi connectivity index (χ2n) is 3.59. The lowest BCUT2D eigenvalue weighted by molar-refractivity contribution is 0.0748. The number of hydrogen-bond acceptors (Lipinski definition) is 6. The molecule has 0 aliphatic rings. The Hall–Kier alpha value is -1.93. The number of hydrogen-bond donors (Lipinski definition) is 1. The maximum atomic E-state index is 11.6. The number of nitrogens with one attached hydrogen (secondary N) is 1. The molecule has 1 aromatic heterocycles. The lowest BCUT2D eigenvalue weighted by atomic mass is 10.2. The van der Waals surface area contributed by atoms with Crippen LogP contribution >= 0.6 is 11.3 Å². The molecule has 0 spiro atoms. The first-order valence-corrected chi connectivity index (χ1v) is 7.49. The number of anilines is 1. The van der Waals surface area contributed by atoms with E-state index in [0.29, 0.717) is 5.69 Å². The molecule has 8 heteroatoms. The van der Waals surface area contributed by atoms with Crippen LogP contribution in [0.3, 0.4) is 0 Å². The van der Waals surface area contributed by atoms with Crippen LogP contribution in [-0.4, -0.2) is 19.4 Å². The molecule has 0 bridgehead atoms. The van der Waals surface area contributed by atoms with Crippen molar-refractivity contribution in [3.63, 3.8) is 0 Å². The Morgan fingerprint density at radius 3 is 2.58 bits per heavy atom. The smallest absolute Gasteiger partial charge is 0.325 e. The van der Waals surface area contributed by atoms with Crippen molar-refractivity contribution in [1.82, 2.24) is 4.98 Å². The van der Waals surface area contributed by atoms with Crippen molar-refractivity contribution in [3.8, 4) is 0 Å². The van der Waals surface area contributed by atoms with Crippen LogP contribution in [-0.2, 0) is 14.5 Å². The molecule has 100 valence electrons. The van der Waals surface area contributed by atoms with E-state index < -0.39 is 16.3 Å². The number of carbonyl (C=O) groups excluding carboxylic acids is 1. The number of aromatic nitrogens is 1. The van der Waals surface area contributed by atoms with Gasteiger partial charge in [0.1, 0.15) is 0 Å². The van der Waals surface area contributed by atoms with Crippen LogP contribution in [0.2, 0.25) is 0 Å². The lowest BCUT2D eigenvalue weighted by Crippen LogP contribution is -2.20. The Labute approximate surface area is 114 Å². The standard InChI is InChI=1S/C11H10N2O4S2/c1-8-7-18-11(12-8)13-19(15,16)17-10(14)9-5-3-2-4-6-9/h2-7H,1H3,(H,12,13). The predicted molar refractivity (Wildman–Crippen MR) is 71.3 cm³/mol. The summed E-state index contributed by atoms with van der Waals surface area (Å²) < 4.78 is 29.7. The van der Waals surface area contributed by atoms with Crippen molar-refractivity contribution in [2.75, 3.05) is 4.72 Å². The van der Waals surface area contributed by atoms with E-state index in [1.807, 2.05) is 0 Å². The van der Waals surface area contributed by atoms with Gasteiger partial charge >= 0.3 is 16.3 Å². The summed E-state index contributed by atoms with van der Waals surface area (Å²) in [5.41, 5.74) is 0.834. The number of thiazole rings is 1. The Balaban J connectivity index is 2.07. The summed E-state index contributed by atoms with van der Waals surface area (Å²) in [6.45, 7) is 1.73. The highest BCUT2D eigenvalue weighted by molar-refractivity contribution is 7.88. The molecule has 2 aromatic rings. The van der Waals surface area contributed by atoms with Gasteiger partial charge < -0.3 is 4.18 Å². The molecule has 0 saturated heterocycles. The van der Waals surface area contributed by atoms with E-state index in [1.165, 1.54) is 12.1 Å². The average molecular weight is 298 g/mol. The van der Waals surface area contributed by atoms with Crippen LogP contribution in [0.5, 0.6) is 0 Å². The summed E-state index contributed by atoms with van der Waals surface area (Å²) in [7, 11) is -4.22. The van der Waals surface area contributed by atoms with Crippen LogP contribution in [0, 0.1) is 6.92 Å². The zero-order valence-corrected chi connectivity index (χ0v) is 11.5. The van der Waals surface area contributed by atoms with Gasteiger partial charge in [-0.05, 0) is 19.1 Å². The minimum atomic E-state index is -4.22. The summed E-state index contributed by atoms with van der Waals surface area (Å²) in [4.78, 5) is 15.5. The fraction of sp³-hybridized carbons (Fsp3) is 0.0909. The summed E-state index contributed by atoms with van der Waals surface area (Å²) in [6.07, 6.45) is 0. The van der Waals surface area contributed by atoms with E-state index in [0.717, 1.165) is 11.3 Å². The van der Waals surface area contributed by atoms with Gasteiger partial charge in [0.15, 0.2) is 5.13 Å². The Morgan fingerprint density at radius 2 is 2.00 bits per heavy atom. The molecule has 19 heavy (non-hydrogen) atoms. The van der Waals surface area contributed by atoms with Gasteiger partial charge in [-0.3, -0.25) is 0 Å². The van der Waals surface area contributed by atoms with Crippen molar-refractivity contribution < 1.29 is 17.4 Å². The molecule has 0 atom stereocenters. The molecular formula is C11H10N2O4S2. The SMILES string of the molecule is Cc1csc(NS(=O)(=O)OC(=O)c2ccccc2)n1. The van der Waals surface area contributed by atoms with Gasteiger partial charge in [0.25, 0.3) is 0 Å². The summed E-state index contributed by atoms with van der Waals surface area (Å²) in [5, 5.41) is 1.83. The quantitative estimate of drug-likeness (QED) is 0.932. The number of benzene rings is 1. The van der Waals surface area contributed by atoms with Crippen LogP contribution < -0.4 is 4.72 Å². The fourth-order valence-corrected chi connectivity index (χ4v) is 2.88. The van der Waals surface area contributed by atoms with E-state index >= 15 is 0 Å². The largest absolute Gasteiger partial charge is 0.412 e. The molecule has 1 N–H and O–H groups in total. The molecule has 0 aliphatic heterocycles. The van der Waals surface area contributed by atoms with E-state index in [9.17, 15) is 13.2 Å². The molecular weight excluding hydrogens is 288 g/mol. The predicted octanol–water partition coefficient (Wildman–Crippen LogP) is 1.97. The average Bonchev–Trinajstić information content (AvgIpc) is 2.74. The molecule has 0 saturated carbocycles. The van der Waals surface area contributed by atoms with Crippen molar-refractivity contribution in [1.29, 1.82) is 0 Å². The van der Waals surface area contributed by atoms with Crippen molar-refractivity contribution in [2.45, 2.75) is 6.92 Å². The Morgan fingerprint density at radius 1 is 1.32 bits per heavy atom. The lowest BCUT2D eigenvalue weighted by Gasteiger charge is -2.05. The van der Waals surface area contributed by atoms with Gasteiger partial charge in [-0.1, -0.05) is 18.2 Å². The molecule has 1 aromatic carbocycles. The molecule has 2 rings (SSSR count). The molecule has 0 fully saturated rings. The van der Waals surface area contributed by atoms with E-state index in [4.69, 9.17) is 0 Å². The number of carbonyl (C=O) groups is 1. The van der Waals surface area contributed by atoms with Crippen LogP contribution in [0.15, 0.2) is 35.7 Å². The Bertz CT molecular complexity index is 680. The maximum Gasteiger partial charge on any atom is 0.412 e. The van der Waals surface area contributed by atoms with Crippen LogP contribution in [0.25, 0.3) is 0 Å². The van der Waals surface area contributed by atoms with Gasteiger partial charge in [-0.15, -0.1) is 11.3 Å². The van der Waals surface area contributed by atoms with Gasteiger partial charge in [0.2, 0.25) is 0 Å². The van der Waals surface area contributed by atoms with Crippen molar-refractivity contribution >= 4 is 32.7 Å². The summed E-state index contributed by atoms with van der Waals surface area (Å²) >= 11 is 1.11. The van der Waals surface area contributed by atoms with Gasteiger partial charge in [0, 0.05) is 5.38 Å². The van der Waals surface area contributed by atoms with Crippen LogP contribution in [0.1, 0.15) is 16.1 Å². The summed E-state index contributed by atoms with van der Waals surface area (Å²) in [6, 6.07) is 7.86. The zero-order chi connectivity index (χ0) is 13.9.